The SMILES string of the molecule is COC(=O)CC(=O)N1CCC(Oc2cccc(NC(=O)c3cccc(C)c3-c3ccc(OC(F)(F)F)cc3)c2)CC1. The molecule has 0 aliphatic carbocycles. The molecule has 0 radical (unpaired) electrons. The molecule has 3 aromatic carbocycles. The van der Waals surface area contributed by atoms with Gasteiger partial charge in [-0.05, 0) is 53.9 Å². The number of aryl methyl sites for hydroxylation is 1. The maximum absolute atomic E-state index is 13.3. The number of alkyl halides is 3. The fourth-order valence-electron chi connectivity index (χ4n) is 4.63. The van der Waals surface area contributed by atoms with Crippen molar-refractivity contribution in [3.8, 4) is 22.6 Å². The molecule has 1 saturated heterocycles. The highest BCUT2D eigenvalue weighted by atomic mass is 19.4. The number of anilines is 1. The van der Waals surface area contributed by atoms with Crippen LogP contribution in [-0.4, -0.2) is 55.3 Å². The second-order valence-electron chi connectivity index (χ2n) is 9.50. The van der Waals surface area contributed by atoms with Crippen molar-refractivity contribution in [2.75, 3.05) is 25.5 Å². The van der Waals surface area contributed by atoms with Gasteiger partial charge in [0, 0.05) is 43.2 Å². The van der Waals surface area contributed by atoms with Crippen LogP contribution in [0.5, 0.6) is 11.5 Å². The molecule has 1 heterocycles. The lowest BCUT2D eigenvalue weighted by Crippen LogP contribution is -2.42. The summed E-state index contributed by atoms with van der Waals surface area (Å²) in [5.41, 5.74) is 2.78. The average Bonchev–Trinajstić information content (AvgIpc) is 2.93. The van der Waals surface area contributed by atoms with Gasteiger partial charge >= 0.3 is 12.3 Å². The Morgan fingerprint density at radius 1 is 0.951 bits per heavy atom. The van der Waals surface area contributed by atoms with Gasteiger partial charge < -0.3 is 24.4 Å². The molecule has 0 atom stereocenters. The quantitative estimate of drug-likeness (QED) is 0.274. The second-order valence-corrected chi connectivity index (χ2v) is 9.50. The Morgan fingerprint density at radius 3 is 2.29 bits per heavy atom. The molecule has 216 valence electrons. The Kier molecular flexibility index (Phi) is 9.16. The predicted octanol–water partition coefficient (Wildman–Crippen LogP) is 5.75. The zero-order chi connectivity index (χ0) is 29.6. The highest BCUT2D eigenvalue weighted by Crippen LogP contribution is 2.32. The van der Waals surface area contributed by atoms with Crippen LogP contribution in [0.2, 0.25) is 0 Å². The molecule has 4 rings (SSSR count). The van der Waals surface area contributed by atoms with E-state index in [1.54, 1.807) is 41.3 Å². The summed E-state index contributed by atoms with van der Waals surface area (Å²) in [6.45, 7) is 2.72. The normalized spacial score (nSPS) is 13.8. The average molecular weight is 571 g/mol. The number of hydrogen-bond donors (Lipinski definition) is 1. The van der Waals surface area contributed by atoms with Crippen molar-refractivity contribution < 1.29 is 41.8 Å². The van der Waals surface area contributed by atoms with Crippen LogP contribution in [0.25, 0.3) is 11.1 Å². The van der Waals surface area contributed by atoms with Crippen LogP contribution in [0, 0.1) is 6.92 Å². The van der Waals surface area contributed by atoms with Crippen LogP contribution in [0.3, 0.4) is 0 Å². The Bertz CT molecular complexity index is 1400. The summed E-state index contributed by atoms with van der Waals surface area (Å²) in [6, 6.07) is 17.5. The molecule has 3 aromatic rings. The number of ether oxygens (including phenoxy) is 3. The Hall–Kier alpha value is -4.54. The van der Waals surface area contributed by atoms with Crippen LogP contribution in [-0.2, 0) is 14.3 Å². The molecule has 0 bridgehead atoms. The molecule has 8 nitrogen and oxygen atoms in total. The molecule has 0 aromatic heterocycles. The monoisotopic (exact) mass is 570 g/mol. The number of amides is 2. The third-order valence-electron chi connectivity index (χ3n) is 6.61. The lowest BCUT2D eigenvalue weighted by Gasteiger charge is -2.32. The first-order chi connectivity index (χ1) is 19.5. The number of piperidine rings is 1. The molecule has 1 N–H and O–H groups in total. The molecule has 41 heavy (non-hydrogen) atoms. The molecule has 1 aliphatic rings. The van der Waals surface area contributed by atoms with Gasteiger partial charge in [0.05, 0.1) is 7.11 Å². The Balaban J connectivity index is 1.41. The Morgan fingerprint density at radius 2 is 1.63 bits per heavy atom. The maximum Gasteiger partial charge on any atom is 0.573 e. The van der Waals surface area contributed by atoms with Gasteiger partial charge in [-0.2, -0.15) is 0 Å². The third kappa shape index (κ3) is 8.00. The number of nitrogens with zero attached hydrogens (tertiary/aromatic N) is 1. The molecular formula is C30H29F3N2O6. The summed E-state index contributed by atoms with van der Waals surface area (Å²) in [7, 11) is 1.24. The third-order valence-corrected chi connectivity index (χ3v) is 6.61. The van der Waals surface area contributed by atoms with E-state index in [9.17, 15) is 27.6 Å². The zero-order valence-electron chi connectivity index (χ0n) is 22.5. The lowest BCUT2D eigenvalue weighted by molar-refractivity contribution is -0.274. The number of benzene rings is 3. The summed E-state index contributed by atoms with van der Waals surface area (Å²) in [6.07, 6.45) is -4.05. The van der Waals surface area contributed by atoms with E-state index in [-0.39, 0.29) is 24.2 Å². The lowest BCUT2D eigenvalue weighted by atomic mass is 9.94. The van der Waals surface area contributed by atoms with Crippen molar-refractivity contribution in [1.29, 1.82) is 0 Å². The van der Waals surface area contributed by atoms with E-state index in [0.717, 1.165) is 5.56 Å². The maximum atomic E-state index is 13.3. The van der Waals surface area contributed by atoms with Gasteiger partial charge in [-0.3, -0.25) is 14.4 Å². The molecule has 0 saturated carbocycles. The standard InChI is InChI=1S/C30H29F3N2O6/c1-19-5-3-8-25(28(19)20-9-11-23(12-10-20)41-30(31,32)33)29(38)34-21-6-4-7-24(17-21)40-22-13-15-35(16-14-22)26(36)18-27(37)39-2/h3-12,17,22H,13-16,18H2,1-2H3,(H,34,38). The van der Waals surface area contributed by atoms with E-state index in [2.05, 4.69) is 14.8 Å². The summed E-state index contributed by atoms with van der Waals surface area (Å²) in [4.78, 5) is 38.5. The van der Waals surface area contributed by atoms with Crippen LogP contribution in [0.15, 0.2) is 66.7 Å². The first-order valence-electron chi connectivity index (χ1n) is 12.9. The van der Waals surface area contributed by atoms with Gasteiger partial charge in [-0.15, -0.1) is 13.2 Å². The topological polar surface area (TPSA) is 94.2 Å². The molecule has 2 amide bonds. The number of methoxy groups -OCH3 is 1. The summed E-state index contributed by atoms with van der Waals surface area (Å²) in [5.74, 6) is -1.04. The van der Waals surface area contributed by atoms with Crippen LogP contribution in [0.1, 0.15) is 35.2 Å². The number of likely N-dealkylation sites (tertiary alicyclic amines) is 1. The van der Waals surface area contributed by atoms with Crippen molar-refractivity contribution in [3.63, 3.8) is 0 Å². The van der Waals surface area contributed by atoms with Crippen LogP contribution < -0.4 is 14.8 Å². The largest absolute Gasteiger partial charge is 0.573 e. The second kappa shape index (κ2) is 12.8. The van der Waals surface area contributed by atoms with E-state index in [1.807, 2.05) is 13.0 Å². The number of nitrogens with one attached hydrogen (secondary N) is 1. The van der Waals surface area contributed by atoms with Gasteiger partial charge in [0.2, 0.25) is 5.91 Å². The first kappa shape index (κ1) is 29.4. The molecule has 0 spiro atoms. The van der Waals surface area contributed by atoms with E-state index < -0.39 is 18.2 Å². The smallest absolute Gasteiger partial charge is 0.490 e. The van der Waals surface area contributed by atoms with Crippen molar-refractivity contribution in [2.24, 2.45) is 0 Å². The number of rotatable bonds is 8. The number of carbonyl (C=O) groups is 3. The van der Waals surface area contributed by atoms with Gasteiger partial charge in [0.15, 0.2) is 0 Å². The Labute approximate surface area is 235 Å². The highest BCUT2D eigenvalue weighted by Gasteiger charge is 2.31. The van der Waals surface area contributed by atoms with E-state index in [4.69, 9.17) is 4.74 Å². The summed E-state index contributed by atoms with van der Waals surface area (Å²) in [5, 5.41) is 2.87. The minimum atomic E-state index is -4.80. The number of esters is 1. The summed E-state index contributed by atoms with van der Waals surface area (Å²) < 4.78 is 52.2. The number of halogens is 3. The first-order valence-corrected chi connectivity index (χ1v) is 12.9. The van der Waals surface area contributed by atoms with Gasteiger partial charge in [-0.25, -0.2) is 0 Å². The van der Waals surface area contributed by atoms with Crippen LogP contribution in [0.4, 0.5) is 18.9 Å². The zero-order valence-corrected chi connectivity index (χ0v) is 22.5. The van der Waals surface area contributed by atoms with E-state index in [1.165, 1.54) is 31.4 Å². The van der Waals surface area contributed by atoms with E-state index >= 15 is 0 Å². The molecule has 11 heteroatoms. The molecule has 0 unspecified atom stereocenters. The number of carbonyl (C=O) groups excluding carboxylic acids is 3. The van der Waals surface area contributed by atoms with E-state index in [0.29, 0.717) is 54.1 Å². The molecule has 1 fully saturated rings. The molecular weight excluding hydrogens is 541 g/mol. The number of hydrogen-bond acceptors (Lipinski definition) is 6. The van der Waals surface area contributed by atoms with Gasteiger partial charge in [-0.1, -0.05) is 30.3 Å². The van der Waals surface area contributed by atoms with Crippen molar-refractivity contribution in [2.45, 2.75) is 38.7 Å². The van der Waals surface area contributed by atoms with Crippen molar-refractivity contribution >= 4 is 23.5 Å². The van der Waals surface area contributed by atoms with Crippen molar-refractivity contribution in [1.82, 2.24) is 4.90 Å². The van der Waals surface area contributed by atoms with Gasteiger partial charge in [0.1, 0.15) is 24.0 Å². The minimum Gasteiger partial charge on any atom is -0.490 e. The predicted molar refractivity (Wildman–Crippen MR) is 145 cm³/mol. The fourth-order valence-corrected chi connectivity index (χ4v) is 4.63. The minimum absolute atomic E-state index is 0.143. The summed E-state index contributed by atoms with van der Waals surface area (Å²) >= 11 is 0. The molecule has 1 aliphatic heterocycles. The van der Waals surface area contributed by atoms with Crippen molar-refractivity contribution in [3.05, 3.63) is 77.9 Å². The van der Waals surface area contributed by atoms with Crippen LogP contribution >= 0.6 is 0 Å². The highest BCUT2D eigenvalue weighted by molar-refractivity contribution is 6.09. The van der Waals surface area contributed by atoms with Gasteiger partial charge in [0.25, 0.3) is 5.91 Å². The fraction of sp³-hybridized carbons (Fsp3) is 0.300.